The van der Waals surface area contributed by atoms with Crippen LogP contribution in [0.2, 0.25) is 0 Å². The number of carbonyl (C=O) groups excluding carboxylic acids is 4. The van der Waals surface area contributed by atoms with Gasteiger partial charge in [0, 0.05) is 12.1 Å². The lowest BCUT2D eigenvalue weighted by Gasteiger charge is -2.13. The Morgan fingerprint density at radius 1 is 0.833 bits per heavy atom. The summed E-state index contributed by atoms with van der Waals surface area (Å²) < 4.78 is 19.9. The van der Waals surface area contributed by atoms with Gasteiger partial charge in [-0.15, -0.1) is 0 Å². The SMILES string of the molecule is O=COc1cc(OC(=O)C2CC2)cc(OC(=O)C2CC2)c1OC=O. The van der Waals surface area contributed by atoms with Crippen molar-refractivity contribution in [2.24, 2.45) is 11.8 Å². The average molecular weight is 334 g/mol. The summed E-state index contributed by atoms with van der Waals surface area (Å²) in [5.74, 6) is -1.83. The molecule has 2 fully saturated rings. The molecule has 2 saturated carbocycles. The molecule has 0 N–H and O–H groups in total. The standard InChI is InChI=1S/C16H14O8/c17-7-21-12-5-11(23-15(19)9-1-2-9)6-13(14(12)22-8-18)24-16(20)10-3-4-10/h5-10H,1-4H2. The van der Waals surface area contributed by atoms with Gasteiger partial charge in [-0.1, -0.05) is 0 Å². The highest BCUT2D eigenvalue weighted by molar-refractivity contribution is 5.80. The zero-order chi connectivity index (χ0) is 17.1. The second-order valence-corrected chi connectivity index (χ2v) is 5.57. The molecule has 0 saturated heterocycles. The molecule has 0 bridgehead atoms. The summed E-state index contributed by atoms with van der Waals surface area (Å²) in [4.78, 5) is 45.0. The van der Waals surface area contributed by atoms with Gasteiger partial charge in [-0.05, 0) is 25.7 Å². The van der Waals surface area contributed by atoms with Gasteiger partial charge < -0.3 is 18.9 Å². The van der Waals surface area contributed by atoms with Crippen molar-refractivity contribution < 1.29 is 38.1 Å². The highest BCUT2D eigenvalue weighted by atomic mass is 16.6. The van der Waals surface area contributed by atoms with Crippen molar-refractivity contribution in [3.63, 3.8) is 0 Å². The van der Waals surface area contributed by atoms with E-state index in [1.54, 1.807) is 0 Å². The first-order valence-electron chi connectivity index (χ1n) is 7.44. The van der Waals surface area contributed by atoms with E-state index in [2.05, 4.69) is 0 Å². The van der Waals surface area contributed by atoms with E-state index in [4.69, 9.17) is 18.9 Å². The molecule has 0 unspecified atom stereocenters. The van der Waals surface area contributed by atoms with E-state index in [-0.39, 0.29) is 47.8 Å². The van der Waals surface area contributed by atoms with Crippen LogP contribution in [0.5, 0.6) is 23.0 Å². The van der Waals surface area contributed by atoms with Crippen molar-refractivity contribution in [1.82, 2.24) is 0 Å². The van der Waals surface area contributed by atoms with Crippen LogP contribution in [0.3, 0.4) is 0 Å². The average Bonchev–Trinajstić information content (AvgIpc) is 3.41. The second kappa shape index (κ2) is 6.69. The van der Waals surface area contributed by atoms with Crippen molar-refractivity contribution in [1.29, 1.82) is 0 Å². The Morgan fingerprint density at radius 2 is 1.38 bits per heavy atom. The zero-order valence-electron chi connectivity index (χ0n) is 12.6. The maximum atomic E-state index is 11.9. The summed E-state index contributed by atoms with van der Waals surface area (Å²) in [7, 11) is 0. The lowest BCUT2D eigenvalue weighted by molar-refractivity contribution is -0.136. The summed E-state index contributed by atoms with van der Waals surface area (Å²) in [6.07, 6.45) is 2.95. The molecule has 0 aromatic heterocycles. The fourth-order valence-electron chi connectivity index (χ4n) is 2.02. The number of ether oxygens (including phenoxy) is 4. The van der Waals surface area contributed by atoms with E-state index < -0.39 is 11.9 Å². The first-order chi connectivity index (χ1) is 11.6. The third-order valence-corrected chi connectivity index (χ3v) is 3.59. The first-order valence-corrected chi connectivity index (χ1v) is 7.44. The van der Waals surface area contributed by atoms with Gasteiger partial charge in [0.25, 0.3) is 12.9 Å². The van der Waals surface area contributed by atoms with E-state index in [1.807, 2.05) is 0 Å². The largest absolute Gasteiger partial charge is 0.426 e. The Morgan fingerprint density at radius 3 is 1.92 bits per heavy atom. The molecular formula is C16H14O8. The summed E-state index contributed by atoms with van der Waals surface area (Å²) >= 11 is 0. The predicted octanol–water partition coefficient (Wildman–Crippen LogP) is 1.39. The van der Waals surface area contributed by atoms with Crippen LogP contribution in [-0.2, 0) is 19.2 Å². The highest BCUT2D eigenvalue weighted by Crippen LogP contribution is 2.43. The van der Waals surface area contributed by atoms with Crippen LogP contribution in [0, 0.1) is 11.8 Å². The molecular weight excluding hydrogens is 320 g/mol. The molecule has 126 valence electrons. The molecule has 0 atom stereocenters. The van der Waals surface area contributed by atoms with Gasteiger partial charge in [0.1, 0.15) is 5.75 Å². The van der Waals surface area contributed by atoms with Gasteiger partial charge in [0.2, 0.25) is 5.75 Å². The molecule has 8 nitrogen and oxygen atoms in total. The summed E-state index contributed by atoms with van der Waals surface area (Å²) in [5.41, 5.74) is 0. The van der Waals surface area contributed by atoms with Gasteiger partial charge in [0.15, 0.2) is 11.5 Å². The molecule has 0 heterocycles. The van der Waals surface area contributed by atoms with E-state index in [1.165, 1.54) is 12.1 Å². The number of benzene rings is 1. The van der Waals surface area contributed by atoms with Crippen molar-refractivity contribution in [2.75, 3.05) is 0 Å². The molecule has 0 radical (unpaired) electrons. The number of carbonyl (C=O) groups is 4. The van der Waals surface area contributed by atoms with Gasteiger partial charge in [-0.3, -0.25) is 19.2 Å². The third kappa shape index (κ3) is 3.70. The van der Waals surface area contributed by atoms with Crippen LogP contribution in [0.1, 0.15) is 25.7 Å². The fraction of sp³-hybridized carbons (Fsp3) is 0.375. The monoisotopic (exact) mass is 334 g/mol. The van der Waals surface area contributed by atoms with Gasteiger partial charge >= 0.3 is 11.9 Å². The lowest BCUT2D eigenvalue weighted by atomic mass is 10.2. The van der Waals surface area contributed by atoms with Crippen molar-refractivity contribution in [2.45, 2.75) is 25.7 Å². The Hall–Kier alpha value is -2.90. The van der Waals surface area contributed by atoms with Crippen LogP contribution in [0.25, 0.3) is 0 Å². The van der Waals surface area contributed by atoms with Crippen molar-refractivity contribution in [3.8, 4) is 23.0 Å². The minimum Gasteiger partial charge on any atom is -0.426 e. The molecule has 1 aromatic rings. The topological polar surface area (TPSA) is 105 Å². The lowest BCUT2D eigenvalue weighted by Crippen LogP contribution is -2.13. The van der Waals surface area contributed by atoms with Gasteiger partial charge in [-0.2, -0.15) is 0 Å². The summed E-state index contributed by atoms with van der Waals surface area (Å²) in [5, 5.41) is 0. The predicted molar refractivity (Wildman–Crippen MR) is 76.5 cm³/mol. The van der Waals surface area contributed by atoms with E-state index in [0.717, 1.165) is 25.7 Å². The number of rotatable bonds is 8. The number of esters is 2. The number of hydrogen-bond acceptors (Lipinski definition) is 8. The molecule has 24 heavy (non-hydrogen) atoms. The van der Waals surface area contributed by atoms with E-state index in [0.29, 0.717) is 0 Å². The summed E-state index contributed by atoms with van der Waals surface area (Å²) in [6, 6.07) is 2.46. The number of hydrogen-bond donors (Lipinski definition) is 0. The Labute approximate surface area is 136 Å². The first kappa shape index (κ1) is 16.0. The minimum atomic E-state index is -0.492. The molecule has 1 aromatic carbocycles. The van der Waals surface area contributed by atoms with Gasteiger partial charge in [-0.25, -0.2) is 0 Å². The van der Waals surface area contributed by atoms with Crippen LogP contribution in [-0.4, -0.2) is 24.9 Å². The van der Waals surface area contributed by atoms with Crippen molar-refractivity contribution >= 4 is 24.9 Å². The quantitative estimate of drug-likeness (QED) is 0.399. The van der Waals surface area contributed by atoms with E-state index in [9.17, 15) is 19.2 Å². The van der Waals surface area contributed by atoms with Crippen LogP contribution < -0.4 is 18.9 Å². The molecule has 0 amide bonds. The molecule has 0 spiro atoms. The normalized spacial score (nSPS) is 16.0. The van der Waals surface area contributed by atoms with Gasteiger partial charge in [0.05, 0.1) is 11.8 Å². The maximum Gasteiger partial charge on any atom is 0.314 e. The Balaban J connectivity index is 1.91. The Bertz CT molecular complexity index is 688. The molecule has 2 aliphatic carbocycles. The highest BCUT2D eigenvalue weighted by Gasteiger charge is 2.34. The minimum absolute atomic E-state index is 0.0283. The van der Waals surface area contributed by atoms with E-state index >= 15 is 0 Å². The summed E-state index contributed by atoms with van der Waals surface area (Å²) in [6.45, 7) is 0.226. The fourth-order valence-corrected chi connectivity index (χ4v) is 2.02. The van der Waals surface area contributed by atoms with Crippen LogP contribution >= 0.6 is 0 Å². The molecule has 8 heteroatoms. The molecule has 3 rings (SSSR count). The Kier molecular flexibility index (Phi) is 4.45. The maximum absolute atomic E-state index is 11.9. The second-order valence-electron chi connectivity index (χ2n) is 5.57. The van der Waals surface area contributed by atoms with Crippen LogP contribution in [0.4, 0.5) is 0 Å². The molecule has 0 aliphatic heterocycles. The zero-order valence-corrected chi connectivity index (χ0v) is 12.6. The van der Waals surface area contributed by atoms with Crippen LogP contribution in [0.15, 0.2) is 12.1 Å². The molecule has 2 aliphatic rings. The third-order valence-electron chi connectivity index (χ3n) is 3.59. The smallest absolute Gasteiger partial charge is 0.314 e. The van der Waals surface area contributed by atoms with Crippen molar-refractivity contribution in [3.05, 3.63) is 12.1 Å².